The van der Waals surface area contributed by atoms with Crippen LogP contribution in [0, 0.1) is 0 Å². The highest BCUT2D eigenvalue weighted by molar-refractivity contribution is 5.75. The summed E-state index contributed by atoms with van der Waals surface area (Å²) in [5, 5.41) is 3.23. The second-order valence-corrected chi connectivity index (χ2v) is 4.98. The number of ether oxygens (including phenoxy) is 1. The minimum Gasteiger partial charge on any atom is -0.468 e. The van der Waals surface area contributed by atoms with Crippen LogP contribution in [0.2, 0.25) is 0 Å². The molecule has 0 aliphatic carbocycles. The van der Waals surface area contributed by atoms with Crippen molar-refractivity contribution in [3.05, 3.63) is 35.4 Å². The molecule has 2 unspecified atom stereocenters. The van der Waals surface area contributed by atoms with Crippen molar-refractivity contribution in [2.45, 2.75) is 52.1 Å². The molecule has 0 saturated heterocycles. The third-order valence-corrected chi connectivity index (χ3v) is 3.35. The molecule has 0 spiro atoms. The van der Waals surface area contributed by atoms with Crippen LogP contribution >= 0.6 is 0 Å². The summed E-state index contributed by atoms with van der Waals surface area (Å²) in [6.07, 6.45) is 3.58. The molecule has 1 aromatic carbocycles. The lowest BCUT2D eigenvalue weighted by Crippen LogP contribution is -2.36. The molecule has 0 bridgehead atoms. The molecular formula is C16H25NO2. The Morgan fingerprint density at radius 3 is 2.42 bits per heavy atom. The smallest absolute Gasteiger partial charge is 0.322 e. The largest absolute Gasteiger partial charge is 0.468 e. The van der Waals surface area contributed by atoms with E-state index in [0.29, 0.717) is 0 Å². The maximum Gasteiger partial charge on any atom is 0.322 e. The first kappa shape index (κ1) is 15.7. The zero-order valence-electron chi connectivity index (χ0n) is 12.4. The van der Waals surface area contributed by atoms with Crippen molar-refractivity contribution in [3.63, 3.8) is 0 Å². The number of hydrogen-bond donors (Lipinski definition) is 1. The van der Waals surface area contributed by atoms with Crippen LogP contribution in [-0.4, -0.2) is 19.1 Å². The van der Waals surface area contributed by atoms with Crippen LogP contribution in [0.5, 0.6) is 0 Å². The van der Waals surface area contributed by atoms with Gasteiger partial charge < -0.3 is 4.74 Å². The van der Waals surface area contributed by atoms with E-state index in [1.807, 2.05) is 6.92 Å². The first-order valence-corrected chi connectivity index (χ1v) is 7.01. The molecule has 0 heterocycles. The van der Waals surface area contributed by atoms with Crippen LogP contribution in [0.25, 0.3) is 0 Å². The quantitative estimate of drug-likeness (QED) is 0.767. The summed E-state index contributed by atoms with van der Waals surface area (Å²) in [6.45, 7) is 6.08. The molecule has 0 aliphatic rings. The molecule has 0 aromatic heterocycles. The molecule has 3 nitrogen and oxygen atoms in total. The van der Waals surface area contributed by atoms with Crippen LogP contribution in [0.1, 0.15) is 50.8 Å². The van der Waals surface area contributed by atoms with Crippen LogP contribution in [0.4, 0.5) is 0 Å². The molecule has 1 N–H and O–H groups in total. The number of benzene rings is 1. The lowest BCUT2D eigenvalue weighted by molar-refractivity contribution is -0.142. The summed E-state index contributed by atoms with van der Waals surface area (Å²) in [5.41, 5.74) is 2.56. The Hall–Kier alpha value is -1.35. The number of esters is 1. The average molecular weight is 263 g/mol. The fraction of sp³-hybridized carbons (Fsp3) is 0.562. The van der Waals surface area contributed by atoms with Crippen LogP contribution in [0.3, 0.4) is 0 Å². The topological polar surface area (TPSA) is 38.3 Å². The first-order valence-electron chi connectivity index (χ1n) is 7.01. The van der Waals surface area contributed by atoms with E-state index in [9.17, 15) is 4.79 Å². The Kier molecular flexibility index (Phi) is 6.57. The molecule has 106 valence electrons. The highest BCUT2D eigenvalue weighted by Gasteiger charge is 2.16. The lowest BCUT2D eigenvalue weighted by atomic mass is 10.0. The molecule has 0 saturated carbocycles. The van der Waals surface area contributed by atoms with Crippen LogP contribution < -0.4 is 5.32 Å². The second-order valence-electron chi connectivity index (χ2n) is 4.98. The van der Waals surface area contributed by atoms with Crippen LogP contribution in [0.15, 0.2) is 24.3 Å². The summed E-state index contributed by atoms with van der Waals surface area (Å²) in [6, 6.07) is 8.45. The number of carbonyl (C=O) groups is 1. The lowest BCUT2D eigenvalue weighted by Gasteiger charge is -2.18. The third kappa shape index (κ3) is 5.03. The van der Waals surface area contributed by atoms with E-state index in [4.69, 9.17) is 4.74 Å². The van der Waals surface area contributed by atoms with E-state index >= 15 is 0 Å². The van der Waals surface area contributed by atoms with Crippen molar-refractivity contribution in [1.82, 2.24) is 5.32 Å². The van der Waals surface area contributed by atoms with Gasteiger partial charge in [0.05, 0.1) is 7.11 Å². The molecule has 19 heavy (non-hydrogen) atoms. The molecule has 1 aromatic rings. The van der Waals surface area contributed by atoms with E-state index < -0.39 is 0 Å². The van der Waals surface area contributed by atoms with E-state index in [2.05, 4.69) is 43.4 Å². The van der Waals surface area contributed by atoms with Gasteiger partial charge in [-0.15, -0.1) is 0 Å². The fourth-order valence-corrected chi connectivity index (χ4v) is 2.07. The van der Waals surface area contributed by atoms with Crippen molar-refractivity contribution in [1.29, 1.82) is 0 Å². The van der Waals surface area contributed by atoms with Gasteiger partial charge in [-0.25, -0.2) is 0 Å². The normalized spacial score (nSPS) is 13.9. The van der Waals surface area contributed by atoms with Gasteiger partial charge in [0.2, 0.25) is 0 Å². The third-order valence-electron chi connectivity index (χ3n) is 3.35. The molecule has 0 fully saturated rings. The van der Waals surface area contributed by atoms with Crippen molar-refractivity contribution in [3.8, 4) is 0 Å². The van der Waals surface area contributed by atoms with E-state index in [1.165, 1.54) is 31.1 Å². The van der Waals surface area contributed by atoms with Gasteiger partial charge in [0.15, 0.2) is 0 Å². The van der Waals surface area contributed by atoms with Gasteiger partial charge >= 0.3 is 5.97 Å². The number of carbonyl (C=O) groups excluding carboxylic acids is 1. The summed E-state index contributed by atoms with van der Waals surface area (Å²) in [7, 11) is 1.41. The van der Waals surface area contributed by atoms with Gasteiger partial charge in [0, 0.05) is 6.04 Å². The number of nitrogens with one attached hydrogen (secondary N) is 1. The van der Waals surface area contributed by atoms with Crippen molar-refractivity contribution >= 4 is 5.97 Å². The zero-order chi connectivity index (χ0) is 14.3. The SMILES string of the molecule is CCCCc1ccc(C(C)NC(C)C(=O)OC)cc1. The summed E-state index contributed by atoms with van der Waals surface area (Å²) >= 11 is 0. The molecule has 0 radical (unpaired) electrons. The zero-order valence-corrected chi connectivity index (χ0v) is 12.4. The summed E-state index contributed by atoms with van der Waals surface area (Å²) < 4.78 is 4.71. The predicted molar refractivity (Wildman–Crippen MR) is 78.1 cm³/mol. The Balaban J connectivity index is 2.57. The minimum absolute atomic E-state index is 0.134. The van der Waals surface area contributed by atoms with Gasteiger partial charge in [-0.3, -0.25) is 10.1 Å². The maximum absolute atomic E-state index is 11.4. The van der Waals surface area contributed by atoms with Crippen LogP contribution in [-0.2, 0) is 16.0 Å². The van der Waals surface area contributed by atoms with E-state index in [1.54, 1.807) is 0 Å². The number of rotatable bonds is 7. The highest BCUT2D eigenvalue weighted by atomic mass is 16.5. The maximum atomic E-state index is 11.4. The van der Waals surface area contributed by atoms with Crippen molar-refractivity contribution in [2.75, 3.05) is 7.11 Å². The van der Waals surface area contributed by atoms with E-state index in [0.717, 1.165) is 6.42 Å². The average Bonchev–Trinajstić information content (AvgIpc) is 2.44. The molecule has 1 rings (SSSR count). The Morgan fingerprint density at radius 1 is 1.26 bits per heavy atom. The number of unbranched alkanes of at least 4 members (excludes halogenated alkanes) is 1. The van der Waals surface area contributed by atoms with Gasteiger partial charge in [-0.05, 0) is 37.8 Å². The first-order chi connectivity index (χ1) is 9.08. The molecule has 3 heteroatoms. The van der Waals surface area contributed by atoms with Gasteiger partial charge in [-0.2, -0.15) is 0 Å². The Bertz CT molecular complexity index is 386. The number of hydrogen-bond acceptors (Lipinski definition) is 3. The number of methoxy groups -OCH3 is 1. The fourth-order valence-electron chi connectivity index (χ4n) is 2.07. The molecule has 0 amide bonds. The van der Waals surface area contributed by atoms with Gasteiger partial charge in [0.25, 0.3) is 0 Å². The molecule has 0 aliphatic heterocycles. The molecular weight excluding hydrogens is 238 g/mol. The summed E-state index contributed by atoms with van der Waals surface area (Å²) in [4.78, 5) is 11.4. The van der Waals surface area contributed by atoms with Gasteiger partial charge in [-0.1, -0.05) is 37.6 Å². The Labute approximate surface area is 116 Å². The standard InChI is InChI=1S/C16H25NO2/c1-5-6-7-14-8-10-15(11-9-14)12(2)17-13(3)16(18)19-4/h8-13,17H,5-7H2,1-4H3. The second kappa shape index (κ2) is 7.95. The van der Waals surface area contributed by atoms with Crippen molar-refractivity contribution < 1.29 is 9.53 Å². The minimum atomic E-state index is -0.292. The summed E-state index contributed by atoms with van der Waals surface area (Å²) in [5.74, 6) is -0.230. The monoisotopic (exact) mass is 263 g/mol. The predicted octanol–water partition coefficient (Wildman–Crippen LogP) is 3.24. The van der Waals surface area contributed by atoms with Gasteiger partial charge in [0.1, 0.15) is 6.04 Å². The Morgan fingerprint density at radius 2 is 1.89 bits per heavy atom. The number of aryl methyl sites for hydroxylation is 1. The highest BCUT2D eigenvalue weighted by Crippen LogP contribution is 2.15. The molecule has 2 atom stereocenters. The van der Waals surface area contributed by atoms with E-state index in [-0.39, 0.29) is 18.1 Å². The van der Waals surface area contributed by atoms with Crippen molar-refractivity contribution in [2.24, 2.45) is 0 Å².